The molecule has 0 fully saturated rings. The second-order valence-corrected chi connectivity index (χ2v) is 4.54. The van der Waals surface area contributed by atoms with E-state index in [1.54, 1.807) is 0 Å². The molecule has 2 rings (SSSR count). The van der Waals surface area contributed by atoms with Crippen LogP contribution >= 0.6 is 0 Å². The topological polar surface area (TPSA) is 70.8 Å². The Labute approximate surface area is 101 Å². The van der Waals surface area contributed by atoms with Crippen LogP contribution in [-0.4, -0.2) is 35.6 Å². The molecule has 0 amide bonds. The van der Waals surface area contributed by atoms with Gasteiger partial charge in [-0.15, -0.1) is 0 Å². The SMILES string of the molecule is CC(CCN)c1nc2nc(N(C)C)ccc2[nH]1. The van der Waals surface area contributed by atoms with E-state index in [0.717, 1.165) is 29.2 Å². The van der Waals surface area contributed by atoms with Gasteiger partial charge in [0, 0.05) is 20.0 Å². The molecular formula is C12H19N5. The number of nitrogens with zero attached hydrogens (tertiary/aromatic N) is 3. The number of aromatic nitrogens is 3. The van der Waals surface area contributed by atoms with Crippen LogP contribution in [0.5, 0.6) is 0 Å². The number of imidazole rings is 1. The van der Waals surface area contributed by atoms with Gasteiger partial charge < -0.3 is 15.6 Å². The molecule has 2 heterocycles. The molecule has 92 valence electrons. The van der Waals surface area contributed by atoms with E-state index in [2.05, 4.69) is 21.9 Å². The van der Waals surface area contributed by atoms with Crippen molar-refractivity contribution in [3.05, 3.63) is 18.0 Å². The smallest absolute Gasteiger partial charge is 0.179 e. The molecule has 0 bridgehead atoms. The predicted molar refractivity (Wildman–Crippen MR) is 70.3 cm³/mol. The summed E-state index contributed by atoms with van der Waals surface area (Å²) < 4.78 is 0. The van der Waals surface area contributed by atoms with Gasteiger partial charge in [0.25, 0.3) is 0 Å². The summed E-state index contributed by atoms with van der Waals surface area (Å²) in [4.78, 5) is 14.3. The molecule has 3 N–H and O–H groups in total. The van der Waals surface area contributed by atoms with Gasteiger partial charge in [-0.2, -0.15) is 0 Å². The van der Waals surface area contributed by atoms with Crippen LogP contribution in [0.4, 0.5) is 5.82 Å². The van der Waals surface area contributed by atoms with Crippen LogP contribution in [0.2, 0.25) is 0 Å². The first kappa shape index (κ1) is 11.9. The van der Waals surface area contributed by atoms with E-state index >= 15 is 0 Å². The number of fused-ring (bicyclic) bond motifs is 1. The summed E-state index contributed by atoms with van der Waals surface area (Å²) in [5.74, 6) is 2.23. The molecule has 0 aliphatic carbocycles. The van der Waals surface area contributed by atoms with Gasteiger partial charge >= 0.3 is 0 Å². The number of hydrogen-bond acceptors (Lipinski definition) is 4. The Morgan fingerprint density at radius 2 is 2.12 bits per heavy atom. The van der Waals surface area contributed by atoms with E-state index < -0.39 is 0 Å². The molecule has 1 unspecified atom stereocenters. The summed E-state index contributed by atoms with van der Waals surface area (Å²) in [6.45, 7) is 2.80. The van der Waals surface area contributed by atoms with Crippen molar-refractivity contribution in [2.24, 2.45) is 5.73 Å². The zero-order valence-corrected chi connectivity index (χ0v) is 10.6. The van der Waals surface area contributed by atoms with Gasteiger partial charge in [-0.05, 0) is 25.1 Å². The lowest BCUT2D eigenvalue weighted by Crippen LogP contribution is -2.10. The first-order valence-electron chi connectivity index (χ1n) is 5.86. The fourth-order valence-electron chi connectivity index (χ4n) is 1.77. The molecule has 1 atom stereocenters. The van der Waals surface area contributed by atoms with Crippen molar-refractivity contribution in [3.63, 3.8) is 0 Å². The lowest BCUT2D eigenvalue weighted by Gasteiger charge is -2.09. The largest absolute Gasteiger partial charge is 0.363 e. The van der Waals surface area contributed by atoms with Crippen molar-refractivity contribution >= 4 is 17.0 Å². The van der Waals surface area contributed by atoms with Crippen LogP contribution in [-0.2, 0) is 0 Å². The highest BCUT2D eigenvalue weighted by Crippen LogP contribution is 2.20. The molecule has 2 aromatic rings. The van der Waals surface area contributed by atoms with Crippen LogP contribution < -0.4 is 10.6 Å². The normalized spacial score (nSPS) is 12.9. The number of pyridine rings is 1. The average Bonchev–Trinajstić information content (AvgIpc) is 2.71. The van der Waals surface area contributed by atoms with E-state index in [0.29, 0.717) is 12.5 Å². The minimum atomic E-state index is 0.344. The molecule has 0 radical (unpaired) electrons. The number of anilines is 1. The van der Waals surface area contributed by atoms with Crippen molar-refractivity contribution in [1.29, 1.82) is 0 Å². The van der Waals surface area contributed by atoms with Gasteiger partial charge in [-0.3, -0.25) is 0 Å². The van der Waals surface area contributed by atoms with Crippen molar-refractivity contribution in [2.45, 2.75) is 19.3 Å². The Balaban J connectivity index is 2.36. The predicted octanol–water partition coefficient (Wildman–Crippen LogP) is 1.48. The third-order valence-corrected chi connectivity index (χ3v) is 2.87. The fraction of sp³-hybridized carbons (Fsp3) is 0.500. The first-order chi connectivity index (χ1) is 8.11. The lowest BCUT2D eigenvalue weighted by atomic mass is 10.1. The first-order valence-corrected chi connectivity index (χ1v) is 5.86. The second-order valence-electron chi connectivity index (χ2n) is 4.54. The van der Waals surface area contributed by atoms with Gasteiger partial charge in [0.05, 0.1) is 5.52 Å². The number of H-pyrrole nitrogens is 1. The number of aromatic amines is 1. The van der Waals surface area contributed by atoms with E-state index in [4.69, 9.17) is 5.73 Å². The summed E-state index contributed by atoms with van der Waals surface area (Å²) in [5, 5.41) is 0. The maximum atomic E-state index is 5.56. The lowest BCUT2D eigenvalue weighted by molar-refractivity contribution is 0.657. The maximum Gasteiger partial charge on any atom is 0.179 e. The molecule has 0 aromatic carbocycles. The Morgan fingerprint density at radius 3 is 2.76 bits per heavy atom. The molecule has 0 saturated heterocycles. The Kier molecular flexibility index (Phi) is 3.28. The molecule has 2 aromatic heterocycles. The highest BCUT2D eigenvalue weighted by atomic mass is 15.1. The Morgan fingerprint density at radius 1 is 1.35 bits per heavy atom. The molecule has 0 saturated carbocycles. The summed E-state index contributed by atoms with van der Waals surface area (Å²) >= 11 is 0. The molecule has 0 spiro atoms. The molecule has 5 nitrogen and oxygen atoms in total. The van der Waals surface area contributed by atoms with Gasteiger partial charge in [-0.25, -0.2) is 9.97 Å². The highest BCUT2D eigenvalue weighted by Gasteiger charge is 2.11. The van der Waals surface area contributed by atoms with Crippen molar-refractivity contribution in [2.75, 3.05) is 25.5 Å². The Hall–Kier alpha value is -1.62. The maximum absolute atomic E-state index is 5.56. The van der Waals surface area contributed by atoms with Gasteiger partial charge in [0.2, 0.25) is 0 Å². The average molecular weight is 233 g/mol. The van der Waals surface area contributed by atoms with E-state index in [-0.39, 0.29) is 0 Å². The van der Waals surface area contributed by atoms with Crippen LogP contribution in [0.15, 0.2) is 12.1 Å². The minimum Gasteiger partial charge on any atom is -0.363 e. The monoisotopic (exact) mass is 233 g/mol. The molecule has 17 heavy (non-hydrogen) atoms. The standard InChI is InChI=1S/C12H19N5/c1-8(6-7-13)11-14-9-4-5-10(17(2)3)15-12(9)16-11/h4-5,8H,6-7,13H2,1-3H3,(H,14,15,16). The third kappa shape index (κ3) is 2.39. The van der Waals surface area contributed by atoms with E-state index in [9.17, 15) is 0 Å². The quantitative estimate of drug-likeness (QED) is 0.839. The third-order valence-electron chi connectivity index (χ3n) is 2.87. The fourth-order valence-corrected chi connectivity index (χ4v) is 1.77. The summed E-state index contributed by atoms with van der Waals surface area (Å²) in [6, 6.07) is 4.00. The summed E-state index contributed by atoms with van der Waals surface area (Å²) in [7, 11) is 3.94. The van der Waals surface area contributed by atoms with E-state index in [1.807, 2.05) is 31.1 Å². The van der Waals surface area contributed by atoms with Gasteiger partial charge in [-0.1, -0.05) is 6.92 Å². The van der Waals surface area contributed by atoms with Gasteiger partial charge in [0.1, 0.15) is 11.6 Å². The second kappa shape index (κ2) is 4.71. The van der Waals surface area contributed by atoms with Crippen LogP contribution in [0, 0.1) is 0 Å². The summed E-state index contributed by atoms with van der Waals surface area (Å²) in [6.07, 6.45) is 0.931. The van der Waals surface area contributed by atoms with Crippen LogP contribution in [0.1, 0.15) is 25.1 Å². The molecular weight excluding hydrogens is 214 g/mol. The summed E-state index contributed by atoms with van der Waals surface area (Å²) in [5.41, 5.74) is 7.32. The minimum absolute atomic E-state index is 0.344. The van der Waals surface area contributed by atoms with Crippen molar-refractivity contribution in [3.8, 4) is 0 Å². The number of rotatable bonds is 4. The molecule has 0 aliphatic rings. The Bertz CT molecular complexity index is 503. The molecule has 5 heteroatoms. The number of hydrogen-bond donors (Lipinski definition) is 2. The van der Waals surface area contributed by atoms with Crippen molar-refractivity contribution < 1.29 is 0 Å². The van der Waals surface area contributed by atoms with Gasteiger partial charge in [0.15, 0.2) is 5.65 Å². The number of nitrogens with one attached hydrogen (secondary N) is 1. The zero-order chi connectivity index (χ0) is 12.4. The van der Waals surface area contributed by atoms with Crippen LogP contribution in [0.25, 0.3) is 11.2 Å². The van der Waals surface area contributed by atoms with Crippen molar-refractivity contribution in [1.82, 2.24) is 15.0 Å². The van der Waals surface area contributed by atoms with E-state index in [1.165, 1.54) is 0 Å². The molecule has 0 aliphatic heterocycles. The highest BCUT2D eigenvalue weighted by molar-refractivity contribution is 5.73. The zero-order valence-electron chi connectivity index (χ0n) is 10.6. The van der Waals surface area contributed by atoms with Crippen LogP contribution in [0.3, 0.4) is 0 Å². The number of nitrogens with two attached hydrogens (primary N) is 1.